The summed E-state index contributed by atoms with van der Waals surface area (Å²) in [6.45, 7) is 8.99. The SMILES string of the molecule is CCCC[B-](CCCC)(c1ccc(C)cc1)c1ccc(C)cc1.C[n+]1ccccc1. The van der Waals surface area contributed by atoms with Gasteiger partial charge in [0.2, 0.25) is 0 Å². The van der Waals surface area contributed by atoms with Crippen molar-refractivity contribution in [3.8, 4) is 0 Å². The Hall–Kier alpha value is -2.35. The van der Waals surface area contributed by atoms with E-state index in [-0.39, 0.29) is 0 Å². The smallest absolute Gasteiger partial charge is 0.168 e. The van der Waals surface area contributed by atoms with Gasteiger partial charge in [-0.05, 0) is 13.8 Å². The number of hydrogen-bond acceptors (Lipinski definition) is 0. The highest BCUT2D eigenvalue weighted by Gasteiger charge is 2.26. The molecule has 0 amide bonds. The summed E-state index contributed by atoms with van der Waals surface area (Å²) in [6.07, 6.45) is 11.1. The van der Waals surface area contributed by atoms with Gasteiger partial charge in [-0.25, -0.2) is 15.5 Å². The zero-order valence-electron chi connectivity index (χ0n) is 19.8. The van der Waals surface area contributed by atoms with Gasteiger partial charge in [0.25, 0.3) is 0 Å². The molecule has 0 fully saturated rings. The highest BCUT2D eigenvalue weighted by Crippen LogP contribution is 2.23. The number of pyridine rings is 1. The first-order valence-corrected chi connectivity index (χ1v) is 11.7. The molecule has 0 unspecified atom stereocenters. The molecule has 0 aliphatic rings. The number of rotatable bonds is 8. The van der Waals surface area contributed by atoms with Crippen LogP contribution in [-0.4, -0.2) is 6.15 Å². The zero-order valence-corrected chi connectivity index (χ0v) is 19.8. The number of aryl methyl sites for hydroxylation is 3. The lowest BCUT2D eigenvalue weighted by molar-refractivity contribution is -0.671. The van der Waals surface area contributed by atoms with E-state index in [1.54, 1.807) is 10.9 Å². The van der Waals surface area contributed by atoms with E-state index >= 15 is 0 Å². The van der Waals surface area contributed by atoms with Crippen LogP contribution in [0.1, 0.15) is 50.7 Å². The van der Waals surface area contributed by atoms with Crippen LogP contribution in [-0.2, 0) is 7.05 Å². The van der Waals surface area contributed by atoms with Gasteiger partial charge >= 0.3 is 0 Å². The second-order valence-corrected chi connectivity index (χ2v) is 8.90. The number of benzene rings is 2. The number of aromatic nitrogens is 1. The molecule has 0 bridgehead atoms. The van der Waals surface area contributed by atoms with Crippen molar-refractivity contribution in [2.24, 2.45) is 7.05 Å². The first-order chi connectivity index (χ1) is 14.5. The normalized spacial score (nSPS) is 11.0. The fourth-order valence-electron chi connectivity index (χ4n) is 4.46. The fourth-order valence-corrected chi connectivity index (χ4v) is 4.46. The van der Waals surface area contributed by atoms with Gasteiger partial charge in [-0.2, -0.15) is 12.6 Å². The standard InChI is InChI=1S/C22H32B.C6H8N/c1-5-7-17-23(18-8-6-2,21-13-9-19(3)10-14-21)22-15-11-20(4)12-16-22;1-7-5-3-2-4-6-7/h9-16H,5-8,17-18H2,1-4H3;2-6H,1H3/q-1;+1. The summed E-state index contributed by atoms with van der Waals surface area (Å²) >= 11 is 0. The first-order valence-electron chi connectivity index (χ1n) is 11.7. The van der Waals surface area contributed by atoms with Crippen LogP contribution in [0.3, 0.4) is 0 Å². The lowest BCUT2D eigenvalue weighted by Crippen LogP contribution is -2.58. The third kappa shape index (κ3) is 6.87. The third-order valence-electron chi connectivity index (χ3n) is 6.40. The van der Waals surface area contributed by atoms with Gasteiger partial charge in [-0.3, -0.25) is 0 Å². The van der Waals surface area contributed by atoms with Crippen molar-refractivity contribution < 1.29 is 4.57 Å². The third-order valence-corrected chi connectivity index (χ3v) is 6.40. The molecule has 0 atom stereocenters. The molecule has 0 spiro atoms. The van der Waals surface area contributed by atoms with Crippen LogP contribution in [0.2, 0.25) is 12.6 Å². The molecule has 160 valence electrons. The average Bonchev–Trinajstić information content (AvgIpc) is 2.77. The van der Waals surface area contributed by atoms with Gasteiger partial charge in [-0.1, -0.05) is 105 Å². The summed E-state index contributed by atoms with van der Waals surface area (Å²) in [5.74, 6) is 0. The molecule has 30 heavy (non-hydrogen) atoms. The average molecular weight is 401 g/mol. The molecule has 0 saturated heterocycles. The Kier molecular flexibility index (Phi) is 9.87. The van der Waals surface area contributed by atoms with E-state index in [1.165, 1.54) is 49.5 Å². The van der Waals surface area contributed by atoms with Crippen LogP contribution < -0.4 is 15.5 Å². The van der Waals surface area contributed by atoms with E-state index in [4.69, 9.17) is 0 Å². The maximum absolute atomic E-state index is 2.39. The van der Waals surface area contributed by atoms with E-state index < -0.39 is 6.15 Å². The Labute approximate surface area is 185 Å². The summed E-state index contributed by atoms with van der Waals surface area (Å²) in [6, 6.07) is 24.7. The molecule has 2 heteroatoms. The van der Waals surface area contributed by atoms with Crippen LogP contribution in [0.25, 0.3) is 0 Å². The van der Waals surface area contributed by atoms with Crippen molar-refractivity contribution in [1.82, 2.24) is 0 Å². The van der Waals surface area contributed by atoms with Gasteiger partial charge in [0.1, 0.15) is 7.05 Å². The lowest BCUT2D eigenvalue weighted by atomic mass is 9.15. The Morgan fingerprint density at radius 2 is 1.03 bits per heavy atom. The molecule has 0 N–H and O–H groups in total. The van der Waals surface area contributed by atoms with Crippen molar-refractivity contribution in [3.63, 3.8) is 0 Å². The van der Waals surface area contributed by atoms with Crippen LogP contribution in [0.4, 0.5) is 0 Å². The van der Waals surface area contributed by atoms with Gasteiger partial charge < -0.3 is 0 Å². The summed E-state index contributed by atoms with van der Waals surface area (Å²) in [5.41, 5.74) is 5.82. The number of hydrogen-bond donors (Lipinski definition) is 0. The quantitative estimate of drug-likeness (QED) is 0.323. The summed E-state index contributed by atoms with van der Waals surface area (Å²) in [7, 11) is 2.00. The van der Waals surface area contributed by atoms with Crippen molar-refractivity contribution >= 4 is 17.1 Å². The topological polar surface area (TPSA) is 3.88 Å². The van der Waals surface area contributed by atoms with Gasteiger partial charge in [0.05, 0.1) is 6.15 Å². The second kappa shape index (κ2) is 12.4. The molecule has 0 saturated carbocycles. The minimum absolute atomic E-state index is 0.640. The molecule has 1 aromatic heterocycles. The Morgan fingerprint density at radius 1 is 0.633 bits per heavy atom. The maximum atomic E-state index is 2.39. The predicted octanol–water partition coefficient (Wildman–Crippen LogP) is 5.98. The molecule has 3 aromatic rings. The summed E-state index contributed by atoms with van der Waals surface area (Å²) in [4.78, 5) is 0. The van der Waals surface area contributed by atoms with Crippen LogP contribution >= 0.6 is 0 Å². The van der Waals surface area contributed by atoms with Gasteiger partial charge in [-0.15, -0.1) is 0 Å². The van der Waals surface area contributed by atoms with E-state index in [0.29, 0.717) is 0 Å². The van der Waals surface area contributed by atoms with Crippen LogP contribution in [0.5, 0.6) is 0 Å². The molecule has 0 aliphatic heterocycles. The Balaban J connectivity index is 0.000000386. The number of unbranched alkanes of at least 4 members (excludes halogenated alkanes) is 2. The maximum Gasteiger partial charge on any atom is 0.168 e. The molecular weight excluding hydrogens is 361 g/mol. The van der Waals surface area contributed by atoms with Gasteiger partial charge in [0, 0.05) is 12.1 Å². The largest absolute Gasteiger partial charge is 0.208 e. The molecule has 1 heterocycles. The summed E-state index contributed by atoms with van der Waals surface area (Å²) < 4.78 is 2.00. The first kappa shape index (κ1) is 23.9. The van der Waals surface area contributed by atoms with E-state index in [0.717, 1.165) is 0 Å². The van der Waals surface area contributed by atoms with E-state index in [2.05, 4.69) is 76.2 Å². The van der Waals surface area contributed by atoms with E-state index in [1.807, 2.05) is 42.2 Å². The summed E-state index contributed by atoms with van der Waals surface area (Å²) in [5, 5.41) is 0. The Morgan fingerprint density at radius 3 is 1.33 bits per heavy atom. The van der Waals surface area contributed by atoms with Crippen molar-refractivity contribution in [1.29, 1.82) is 0 Å². The molecule has 0 aliphatic carbocycles. The predicted molar refractivity (Wildman–Crippen MR) is 134 cm³/mol. The van der Waals surface area contributed by atoms with Crippen LogP contribution in [0.15, 0.2) is 79.1 Å². The monoisotopic (exact) mass is 401 g/mol. The van der Waals surface area contributed by atoms with Crippen LogP contribution in [0, 0.1) is 13.8 Å². The van der Waals surface area contributed by atoms with E-state index in [9.17, 15) is 0 Å². The van der Waals surface area contributed by atoms with Gasteiger partial charge in [0.15, 0.2) is 12.4 Å². The fraction of sp³-hybridized carbons (Fsp3) is 0.393. The highest BCUT2D eigenvalue weighted by molar-refractivity contribution is 7.02. The second-order valence-electron chi connectivity index (χ2n) is 8.90. The molecule has 2 aromatic carbocycles. The molecular formula is C28H40BN. The molecule has 0 radical (unpaired) electrons. The highest BCUT2D eigenvalue weighted by atomic mass is 14.9. The minimum atomic E-state index is -0.640. The minimum Gasteiger partial charge on any atom is -0.208 e. The van der Waals surface area contributed by atoms with Crippen molar-refractivity contribution in [2.75, 3.05) is 0 Å². The van der Waals surface area contributed by atoms with Crippen molar-refractivity contribution in [2.45, 2.75) is 66.0 Å². The number of nitrogens with zero attached hydrogens (tertiary/aromatic N) is 1. The molecule has 1 nitrogen and oxygen atoms in total. The lowest BCUT2D eigenvalue weighted by Gasteiger charge is -2.42. The molecule has 3 rings (SSSR count). The zero-order chi connectivity index (χ0) is 21.8. The van der Waals surface area contributed by atoms with Crippen molar-refractivity contribution in [3.05, 3.63) is 90.3 Å². The Bertz CT molecular complexity index is 783.